The molecule has 0 amide bonds. The second-order valence-corrected chi connectivity index (χ2v) is 6.64. The molecule has 20 heavy (non-hydrogen) atoms. The van der Waals surface area contributed by atoms with Crippen molar-refractivity contribution < 1.29 is 18.3 Å². The lowest BCUT2D eigenvalue weighted by atomic mass is 10.4. The van der Waals surface area contributed by atoms with Crippen molar-refractivity contribution in [1.29, 1.82) is 0 Å². The number of aromatic carboxylic acids is 1. The van der Waals surface area contributed by atoms with Crippen LogP contribution in [0.3, 0.4) is 0 Å². The molecule has 112 valence electrons. The molecule has 9 heteroatoms. The van der Waals surface area contributed by atoms with Crippen molar-refractivity contribution in [1.82, 2.24) is 19.8 Å². The second kappa shape index (κ2) is 5.51. The Bertz CT molecular complexity index is 606. The number of hydrogen-bond donors (Lipinski definition) is 3. The number of aryl methyl sites for hydroxylation is 1. The Labute approximate surface area is 117 Å². The van der Waals surface area contributed by atoms with Crippen molar-refractivity contribution in [2.24, 2.45) is 0 Å². The first kappa shape index (κ1) is 14.9. The Balaban J connectivity index is 2.06. The van der Waals surface area contributed by atoms with Crippen LogP contribution in [-0.4, -0.2) is 60.8 Å². The molecule has 1 saturated carbocycles. The number of hydrogen-bond acceptors (Lipinski definition) is 5. The maximum Gasteiger partial charge on any atom is 0.357 e. The van der Waals surface area contributed by atoms with Crippen molar-refractivity contribution in [2.45, 2.75) is 30.7 Å². The van der Waals surface area contributed by atoms with E-state index in [9.17, 15) is 13.2 Å². The molecule has 0 bridgehead atoms. The molecule has 0 aromatic carbocycles. The number of carboxylic acids is 1. The number of H-pyrrole nitrogens is 1. The molecular weight excluding hydrogens is 284 g/mol. The van der Waals surface area contributed by atoms with E-state index < -0.39 is 21.7 Å². The van der Waals surface area contributed by atoms with Gasteiger partial charge in [-0.15, -0.1) is 0 Å². The minimum atomic E-state index is -3.88. The lowest BCUT2D eigenvalue weighted by molar-refractivity contribution is 0.0686. The Morgan fingerprint density at radius 2 is 2.20 bits per heavy atom. The van der Waals surface area contributed by atoms with Gasteiger partial charge in [0.1, 0.15) is 4.90 Å². The largest absolute Gasteiger partial charge is 0.476 e. The van der Waals surface area contributed by atoms with Crippen molar-refractivity contribution >= 4 is 16.0 Å². The summed E-state index contributed by atoms with van der Waals surface area (Å²) in [6.07, 6.45) is 2.29. The number of sulfonamides is 1. The van der Waals surface area contributed by atoms with Gasteiger partial charge >= 0.3 is 5.97 Å². The molecule has 3 N–H and O–H groups in total. The molecule has 0 aliphatic heterocycles. The highest BCUT2D eigenvalue weighted by atomic mass is 32.2. The van der Waals surface area contributed by atoms with Gasteiger partial charge in [-0.3, -0.25) is 5.10 Å². The van der Waals surface area contributed by atoms with Gasteiger partial charge in [-0.1, -0.05) is 0 Å². The fourth-order valence-corrected chi connectivity index (χ4v) is 3.36. The van der Waals surface area contributed by atoms with E-state index in [4.69, 9.17) is 5.11 Å². The fraction of sp³-hybridized carbons (Fsp3) is 0.636. The molecule has 1 aromatic rings. The van der Waals surface area contributed by atoms with Gasteiger partial charge < -0.3 is 10.0 Å². The summed E-state index contributed by atoms with van der Waals surface area (Å²) in [4.78, 5) is 12.8. The van der Waals surface area contributed by atoms with E-state index in [-0.39, 0.29) is 17.1 Å². The highest BCUT2D eigenvalue weighted by Gasteiger charge is 2.29. The molecule has 0 spiro atoms. The molecule has 0 atom stereocenters. The van der Waals surface area contributed by atoms with Crippen LogP contribution < -0.4 is 4.72 Å². The maximum absolute atomic E-state index is 12.2. The lowest BCUT2D eigenvalue weighted by Gasteiger charge is -2.15. The van der Waals surface area contributed by atoms with E-state index in [1.807, 2.05) is 7.05 Å². The number of aromatic amines is 1. The van der Waals surface area contributed by atoms with Gasteiger partial charge in [-0.2, -0.15) is 5.10 Å². The number of carbonyl (C=O) groups is 1. The van der Waals surface area contributed by atoms with Crippen molar-refractivity contribution in [3.05, 3.63) is 11.4 Å². The molecule has 0 unspecified atom stereocenters. The average Bonchev–Trinajstić information content (AvgIpc) is 3.11. The highest BCUT2D eigenvalue weighted by molar-refractivity contribution is 7.89. The summed E-state index contributed by atoms with van der Waals surface area (Å²) >= 11 is 0. The Hall–Kier alpha value is -1.45. The summed E-state index contributed by atoms with van der Waals surface area (Å²) in [5.74, 6) is -1.37. The first-order valence-electron chi connectivity index (χ1n) is 6.31. The molecule has 2 rings (SSSR count). The van der Waals surface area contributed by atoms with E-state index in [2.05, 4.69) is 19.8 Å². The molecule has 1 aromatic heterocycles. The third-order valence-electron chi connectivity index (χ3n) is 3.29. The summed E-state index contributed by atoms with van der Waals surface area (Å²) in [6, 6.07) is 0.546. The fourth-order valence-electron chi connectivity index (χ4n) is 2.02. The number of rotatable bonds is 7. The van der Waals surface area contributed by atoms with Crippen LogP contribution in [0.1, 0.15) is 29.0 Å². The third-order valence-corrected chi connectivity index (χ3v) is 4.91. The van der Waals surface area contributed by atoms with E-state index >= 15 is 0 Å². The summed E-state index contributed by atoms with van der Waals surface area (Å²) in [5.41, 5.74) is -0.268. The predicted octanol–water partition coefficient (Wildman–Crippen LogP) is -0.211. The van der Waals surface area contributed by atoms with Gasteiger partial charge in [0.15, 0.2) is 5.69 Å². The Morgan fingerprint density at radius 3 is 2.75 bits per heavy atom. The van der Waals surface area contributed by atoms with Gasteiger partial charge in [0.2, 0.25) is 10.0 Å². The first-order valence-corrected chi connectivity index (χ1v) is 7.79. The summed E-state index contributed by atoms with van der Waals surface area (Å²) in [6.45, 7) is 2.30. The molecule has 0 saturated heterocycles. The number of nitrogens with zero attached hydrogens (tertiary/aromatic N) is 2. The van der Waals surface area contributed by atoms with Crippen LogP contribution in [0.25, 0.3) is 0 Å². The molecule has 0 radical (unpaired) electrons. The lowest BCUT2D eigenvalue weighted by Crippen LogP contribution is -2.34. The van der Waals surface area contributed by atoms with E-state index in [0.717, 1.165) is 12.8 Å². The van der Waals surface area contributed by atoms with Crippen LogP contribution in [0.5, 0.6) is 0 Å². The molecule has 8 nitrogen and oxygen atoms in total. The normalized spacial score (nSPS) is 15.8. The molecule has 1 heterocycles. The van der Waals surface area contributed by atoms with E-state index in [1.165, 1.54) is 6.92 Å². The SMILES string of the molecule is Cc1[nH]nc(C(=O)O)c1S(=O)(=O)NCCN(C)C1CC1. The quantitative estimate of drug-likeness (QED) is 0.642. The maximum atomic E-state index is 12.2. The zero-order valence-corrected chi connectivity index (χ0v) is 12.2. The smallest absolute Gasteiger partial charge is 0.357 e. The van der Waals surface area contributed by atoms with Crippen molar-refractivity contribution in [2.75, 3.05) is 20.1 Å². The Morgan fingerprint density at radius 1 is 1.55 bits per heavy atom. The summed E-state index contributed by atoms with van der Waals surface area (Å²) < 4.78 is 26.7. The number of likely N-dealkylation sites (N-methyl/N-ethyl adjacent to an activating group) is 1. The van der Waals surface area contributed by atoms with Crippen LogP contribution >= 0.6 is 0 Å². The Kier molecular flexibility index (Phi) is 4.11. The topological polar surface area (TPSA) is 115 Å². The minimum Gasteiger partial charge on any atom is -0.476 e. The van der Waals surface area contributed by atoms with Gasteiger partial charge in [-0.05, 0) is 26.8 Å². The summed E-state index contributed by atoms with van der Waals surface area (Å²) in [5, 5.41) is 14.9. The van der Waals surface area contributed by atoms with Gasteiger partial charge in [0, 0.05) is 19.1 Å². The van der Waals surface area contributed by atoms with E-state index in [0.29, 0.717) is 12.6 Å². The van der Waals surface area contributed by atoms with Crippen LogP contribution in [0.15, 0.2) is 4.90 Å². The minimum absolute atomic E-state index is 0.213. The van der Waals surface area contributed by atoms with Gasteiger partial charge in [0.05, 0.1) is 5.69 Å². The zero-order valence-electron chi connectivity index (χ0n) is 11.4. The van der Waals surface area contributed by atoms with Crippen LogP contribution in [-0.2, 0) is 10.0 Å². The standard InChI is InChI=1S/C11H18N4O4S/c1-7-10(9(11(16)17)14-13-7)20(18,19)12-5-6-15(2)8-3-4-8/h8,12H,3-6H2,1-2H3,(H,13,14)(H,16,17). The molecule has 1 fully saturated rings. The number of carboxylic acid groups (broad SMARTS) is 1. The van der Waals surface area contributed by atoms with E-state index in [1.54, 1.807) is 0 Å². The van der Waals surface area contributed by atoms with Crippen LogP contribution in [0.2, 0.25) is 0 Å². The number of nitrogens with one attached hydrogen (secondary N) is 2. The summed E-state index contributed by atoms with van der Waals surface area (Å²) in [7, 11) is -1.93. The van der Waals surface area contributed by atoms with Crippen LogP contribution in [0.4, 0.5) is 0 Å². The third kappa shape index (κ3) is 3.17. The van der Waals surface area contributed by atoms with Crippen LogP contribution in [0, 0.1) is 6.92 Å². The highest BCUT2D eigenvalue weighted by Crippen LogP contribution is 2.24. The molecule has 1 aliphatic carbocycles. The van der Waals surface area contributed by atoms with Crippen molar-refractivity contribution in [3.63, 3.8) is 0 Å². The second-order valence-electron chi connectivity index (χ2n) is 4.94. The predicted molar refractivity (Wildman–Crippen MR) is 71.1 cm³/mol. The van der Waals surface area contributed by atoms with Crippen molar-refractivity contribution in [3.8, 4) is 0 Å². The average molecular weight is 302 g/mol. The first-order chi connectivity index (χ1) is 9.33. The zero-order chi connectivity index (χ0) is 14.9. The molecule has 1 aliphatic rings. The monoisotopic (exact) mass is 302 g/mol. The van der Waals surface area contributed by atoms with Gasteiger partial charge in [0.25, 0.3) is 0 Å². The molecular formula is C11H18N4O4S. The van der Waals surface area contributed by atoms with Gasteiger partial charge in [-0.25, -0.2) is 17.9 Å². The number of aromatic nitrogens is 2.